The second-order valence-electron chi connectivity index (χ2n) is 11.2. The third-order valence-electron chi connectivity index (χ3n) is 7.72. The van der Waals surface area contributed by atoms with Crippen molar-refractivity contribution >= 4 is 5.97 Å². The van der Waals surface area contributed by atoms with Gasteiger partial charge < -0.3 is 28.8 Å². The summed E-state index contributed by atoms with van der Waals surface area (Å²) in [5, 5.41) is 11.0. The lowest BCUT2D eigenvalue weighted by molar-refractivity contribution is -0.148. The molecule has 0 aliphatic carbocycles. The maximum absolute atomic E-state index is 12.7. The van der Waals surface area contributed by atoms with Crippen molar-refractivity contribution in [2.45, 2.75) is 108 Å². The van der Waals surface area contributed by atoms with Gasteiger partial charge >= 0.3 is 5.97 Å². The number of aliphatic hydroxyl groups is 1. The molecule has 0 amide bonds. The van der Waals surface area contributed by atoms with Crippen LogP contribution in [0.2, 0.25) is 0 Å². The van der Waals surface area contributed by atoms with Crippen LogP contribution in [0.5, 0.6) is 0 Å². The van der Waals surface area contributed by atoms with E-state index in [2.05, 4.69) is 38.7 Å². The largest absolute Gasteiger partial charge is 0.456 e. The number of carbonyl (C=O) groups is 1. The second-order valence-corrected chi connectivity index (χ2v) is 11.2. The molecule has 0 aromatic carbocycles. The third-order valence-corrected chi connectivity index (χ3v) is 7.72. The van der Waals surface area contributed by atoms with Crippen molar-refractivity contribution in [1.29, 1.82) is 0 Å². The highest BCUT2D eigenvalue weighted by Crippen LogP contribution is 2.36. The third kappa shape index (κ3) is 8.75. The minimum atomic E-state index is -0.986. The lowest BCUT2D eigenvalue weighted by atomic mass is 9.90. The summed E-state index contributed by atoms with van der Waals surface area (Å²) in [6.45, 7) is 9.19. The molecule has 1 saturated heterocycles. The molecule has 4 rings (SSSR count). The molecule has 0 aromatic rings. The summed E-state index contributed by atoms with van der Waals surface area (Å²) in [7, 11) is 1.69. The molecule has 1 fully saturated rings. The van der Waals surface area contributed by atoms with Gasteiger partial charge in [0, 0.05) is 19.6 Å². The molecule has 4 aliphatic heterocycles. The van der Waals surface area contributed by atoms with Crippen LogP contribution < -0.4 is 0 Å². The summed E-state index contributed by atoms with van der Waals surface area (Å²) in [4.78, 5) is 12.7. The number of aliphatic hydroxyl groups excluding tert-OH is 1. The Balaban J connectivity index is 1.46. The fraction of sp³-hybridized carbons (Fsp3) is 0.645. The SMILES string of the molecule is C=C1CC(C)CC2CC=CC(CC=CC(=O)OC(C(O)C=CC3CC(C)=CCO3)CC3OC3C(OC)C1)O2. The van der Waals surface area contributed by atoms with Crippen LogP contribution in [-0.2, 0) is 28.5 Å². The quantitative estimate of drug-likeness (QED) is 0.320. The highest BCUT2D eigenvalue weighted by atomic mass is 16.6. The smallest absolute Gasteiger partial charge is 0.330 e. The van der Waals surface area contributed by atoms with Crippen molar-refractivity contribution in [3.8, 4) is 0 Å². The van der Waals surface area contributed by atoms with E-state index >= 15 is 0 Å². The van der Waals surface area contributed by atoms with Gasteiger partial charge in [-0.2, -0.15) is 0 Å². The van der Waals surface area contributed by atoms with Crippen LogP contribution in [0.1, 0.15) is 58.8 Å². The van der Waals surface area contributed by atoms with E-state index in [9.17, 15) is 9.90 Å². The van der Waals surface area contributed by atoms with Gasteiger partial charge in [0.15, 0.2) is 0 Å². The number of esters is 1. The zero-order chi connectivity index (χ0) is 27.1. The Labute approximate surface area is 227 Å². The molecule has 0 aromatic heterocycles. The van der Waals surface area contributed by atoms with Gasteiger partial charge in [-0.05, 0) is 51.4 Å². The van der Waals surface area contributed by atoms with Crippen molar-refractivity contribution in [1.82, 2.24) is 0 Å². The van der Waals surface area contributed by atoms with E-state index in [-0.39, 0.29) is 36.6 Å². The van der Waals surface area contributed by atoms with Gasteiger partial charge in [0.2, 0.25) is 0 Å². The molecule has 2 bridgehead atoms. The topological polar surface area (TPSA) is 86.8 Å². The zero-order valence-corrected chi connectivity index (χ0v) is 23.0. The summed E-state index contributed by atoms with van der Waals surface area (Å²) in [6, 6.07) is 0. The predicted molar refractivity (Wildman–Crippen MR) is 146 cm³/mol. The molecule has 7 nitrogen and oxygen atoms in total. The summed E-state index contributed by atoms with van der Waals surface area (Å²) in [5.74, 6) is -0.0497. The first-order valence-corrected chi connectivity index (χ1v) is 14.0. The Morgan fingerprint density at radius 1 is 1.16 bits per heavy atom. The molecular formula is C31H44O7. The summed E-state index contributed by atoms with van der Waals surface area (Å²) in [6.07, 6.45) is 16.1. The number of hydrogen-bond donors (Lipinski definition) is 1. The molecule has 0 saturated carbocycles. The summed E-state index contributed by atoms with van der Waals surface area (Å²) in [5.41, 5.74) is 2.39. The molecule has 9 unspecified atom stereocenters. The van der Waals surface area contributed by atoms with Gasteiger partial charge in [-0.25, -0.2) is 4.79 Å². The Kier molecular flexibility index (Phi) is 10.6. The first-order valence-electron chi connectivity index (χ1n) is 14.0. The Hall–Kier alpha value is -2.03. The minimum Gasteiger partial charge on any atom is -0.456 e. The normalized spacial score (nSPS) is 38.1. The number of carbonyl (C=O) groups excluding carboxylic acids is 1. The van der Waals surface area contributed by atoms with E-state index in [1.54, 1.807) is 19.3 Å². The molecule has 1 N–H and O–H groups in total. The fourth-order valence-electron chi connectivity index (χ4n) is 5.65. The average Bonchev–Trinajstić information content (AvgIpc) is 3.64. The van der Waals surface area contributed by atoms with Gasteiger partial charge in [0.1, 0.15) is 18.3 Å². The number of methoxy groups -OCH3 is 1. The van der Waals surface area contributed by atoms with Crippen molar-refractivity contribution in [2.24, 2.45) is 5.92 Å². The Morgan fingerprint density at radius 3 is 2.79 bits per heavy atom. The van der Waals surface area contributed by atoms with E-state index in [0.717, 1.165) is 31.3 Å². The first kappa shape index (κ1) is 29.0. The van der Waals surface area contributed by atoms with Gasteiger partial charge in [-0.3, -0.25) is 0 Å². The molecule has 7 heteroatoms. The van der Waals surface area contributed by atoms with E-state index in [1.165, 1.54) is 11.6 Å². The van der Waals surface area contributed by atoms with Gasteiger partial charge in [0.05, 0.1) is 37.1 Å². The molecule has 0 spiro atoms. The van der Waals surface area contributed by atoms with Crippen LogP contribution >= 0.6 is 0 Å². The molecular weight excluding hydrogens is 484 g/mol. The van der Waals surface area contributed by atoms with Crippen LogP contribution in [0.3, 0.4) is 0 Å². The molecule has 4 heterocycles. The highest BCUT2D eigenvalue weighted by molar-refractivity contribution is 5.82. The zero-order valence-electron chi connectivity index (χ0n) is 23.0. The number of epoxide rings is 1. The highest BCUT2D eigenvalue weighted by Gasteiger charge is 2.47. The molecule has 210 valence electrons. The lowest BCUT2D eigenvalue weighted by Crippen LogP contribution is -2.33. The van der Waals surface area contributed by atoms with Crippen molar-refractivity contribution in [3.05, 3.63) is 60.3 Å². The number of rotatable bonds is 4. The van der Waals surface area contributed by atoms with Gasteiger partial charge in [-0.1, -0.05) is 61.1 Å². The molecule has 38 heavy (non-hydrogen) atoms. The fourth-order valence-corrected chi connectivity index (χ4v) is 5.65. The van der Waals surface area contributed by atoms with Gasteiger partial charge in [-0.15, -0.1) is 0 Å². The molecule has 4 aliphatic rings. The van der Waals surface area contributed by atoms with E-state index in [1.807, 2.05) is 6.08 Å². The van der Waals surface area contributed by atoms with Gasteiger partial charge in [0.25, 0.3) is 0 Å². The molecule has 9 atom stereocenters. The average molecular weight is 529 g/mol. The number of cyclic esters (lactones) is 1. The monoisotopic (exact) mass is 528 g/mol. The number of ether oxygens (including phenoxy) is 5. The maximum Gasteiger partial charge on any atom is 0.330 e. The van der Waals surface area contributed by atoms with E-state index in [0.29, 0.717) is 31.8 Å². The van der Waals surface area contributed by atoms with E-state index < -0.39 is 18.2 Å². The van der Waals surface area contributed by atoms with Crippen LogP contribution in [0, 0.1) is 5.92 Å². The minimum absolute atomic E-state index is 0.0668. The summed E-state index contributed by atoms with van der Waals surface area (Å²) < 4.78 is 29.5. The van der Waals surface area contributed by atoms with Crippen molar-refractivity contribution in [2.75, 3.05) is 13.7 Å². The maximum atomic E-state index is 12.7. The van der Waals surface area contributed by atoms with Crippen LogP contribution in [0.15, 0.2) is 60.3 Å². The summed E-state index contributed by atoms with van der Waals surface area (Å²) >= 11 is 0. The van der Waals surface area contributed by atoms with Crippen LogP contribution in [0.4, 0.5) is 0 Å². The molecule has 0 radical (unpaired) electrons. The van der Waals surface area contributed by atoms with Crippen molar-refractivity contribution < 1.29 is 33.6 Å². The number of hydrogen-bond acceptors (Lipinski definition) is 7. The van der Waals surface area contributed by atoms with Crippen LogP contribution in [0.25, 0.3) is 0 Å². The number of fused-ring (bicyclic) bond motifs is 3. The van der Waals surface area contributed by atoms with Crippen LogP contribution in [-0.4, -0.2) is 73.6 Å². The first-order chi connectivity index (χ1) is 18.3. The Morgan fingerprint density at radius 2 is 2.00 bits per heavy atom. The standard InChI is InChI=1S/C31H44O7/c1-20-13-14-35-24(16-20)11-12-26(32)27-19-29-31(38-29)28(34-4)18-22(3)15-21(2)17-25-9-5-7-23(36-25)8-6-10-30(33)37-27/h5-7,10-13,21,23-29,31-32H,3,8-9,14-19H2,1-2,4H3. The predicted octanol–water partition coefficient (Wildman–Crippen LogP) is 4.76. The van der Waals surface area contributed by atoms with E-state index in [4.69, 9.17) is 23.7 Å². The second kappa shape index (κ2) is 13.9. The Bertz CT molecular complexity index is 935. The lowest BCUT2D eigenvalue weighted by Gasteiger charge is -2.28. The van der Waals surface area contributed by atoms with Crippen molar-refractivity contribution in [3.63, 3.8) is 0 Å².